The number of fused-ring (bicyclic) bond motifs is 1. The van der Waals surface area contributed by atoms with Crippen LogP contribution in [0, 0.1) is 11.3 Å². The molecule has 0 spiro atoms. The fourth-order valence-corrected chi connectivity index (χ4v) is 9.38. The molecule has 3 heterocycles. The second-order valence-corrected chi connectivity index (χ2v) is 19.0. The number of phosphoric ester groups is 3. The average Bonchev–Trinajstić information content (AvgIpc) is 3.68. The minimum Gasteiger partial charge on any atom is -0.392 e. The number of imidazole rings is 1. The molecule has 5 unspecified atom stereocenters. The van der Waals surface area contributed by atoms with Gasteiger partial charge in [0.2, 0.25) is 16.9 Å². The molecule has 2 aromatic heterocycles. The van der Waals surface area contributed by atoms with Crippen LogP contribution >= 0.6 is 35.2 Å². The predicted molar refractivity (Wildman–Crippen MR) is 195 cm³/mol. The van der Waals surface area contributed by atoms with Crippen LogP contribution in [-0.4, -0.2) is 140 Å². The molecule has 30 heteroatoms. The fourth-order valence-electron chi connectivity index (χ4n) is 5.68. The number of carbonyl (C=O) groups excluding carboxylic acids is 4. The maximum atomic E-state index is 12.7. The summed E-state index contributed by atoms with van der Waals surface area (Å²) in [5.74, 6) is -2.89. The van der Waals surface area contributed by atoms with Crippen LogP contribution in [0.4, 0.5) is 5.82 Å². The maximum Gasteiger partial charge on any atom is 0.481 e. The number of nitrogens with two attached hydrogens (primary N) is 1. The van der Waals surface area contributed by atoms with Crippen molar-refractivity contribution < 1.29 is 90.4 Å². The molecule has 4 rings (SSSR count). The minimum absolute atomic E-state index is 0.0200. The molecule has 1 saturated heterocycles. The van der Waals surface area contributed by atoms with Crippen molar-refractivity contribution in [3.05, 3.63) is 12.7 Å². The number of Topliss-reactive ketones (excluding diaryl/α,β-unsaturated/α-hetero) is 1. The van der Waals surface area contributed by atoms with E-state index in [1.54, 1.807) is 0 Å². The number of phosphoric acid groups is 3. The first-order chi connectivity index (χ1) is 26.9. The Morgan fingerprint density at radius 2 is 1.76 bits per heavy atom. The van der Waals surface area contributed by atoms with E-state index >= 15 is 0 Å². The van der Waals surface area contributed by atoms with Gasteiger partial charge in [0.25, 0.3) is 0 Å². The number of nitrogen functional groups attached to an aromatic ring is 1. The summed E-state index contributed by atoms with van der Waals surface area (Å²) in [4.78, 5) is 99.9. The van der Waals surface area contributed by atoms with E-state index in [-0.39, 0.29) is 54.4 Å². The van der Waals surface area contributed by atoms with E-state index in [4.69, 9.17) is 19.5 Å². The SMILES string of the molecule is CC(C)(COP(=O)(O)OP(=O)(O)OC[C@H]1O[C@@H](n2cnc3c(N)ncnc32)[C@H](O)[C@@H]1OP(=O)(O)O)C(O)C(=O)NCCC(=O)NCCSC(=O)C1C(=O)CCCC1O. The molecule has 1 saturated carbocycles. The lowest BCUT2D eigenvalue weighted by Crippen LogP contribution is -2.46. The molecular weight excluding hydrogens is 863 g/mol. The number of nitrogens with one attached hydrogen (secondary N) is 2. The number of ketones is 1. The van der Waals surface area contributed by atoms with Gasteiger partial charge in [-0.3, -0.25) is 37.3 Å². The molecule has 326 valence electrons. The lowest BCUT2D eigenvalue weighted by Gasteiger charge is -2.30. The van der Waals surface area contributed by atoms with Crippen LogP contribution in [0.1, 0.15) is 45.8 Å². The molecule has 58 heavy (non-hydrogen) atoms. The molecule has 2 amide bonds. The Morgan fingerprint density at radius 3 is 2.43 bits per heavy atom. The molecule has 0 aromatic carbocycles. The van der Waals surface area contributed by atoms with Crippen LogP contribution in [0.15, 0.2) is 12.7 Å². The largest absolute Gasteiger partial charge is 0.481 e. The van der Waals surface area contributed by atoms with Gasteiger partial charge in [-0.25, -0.2) is 28.6 Å². The van der Waals surface area contributed by atoms with Crippen LogP contribution in [-0.2, 0) is 55.5 Å². The van der Waals surface area contributed by atoms with Gasteiger partial charge in [0.05, 0.1) is 25.6 Å². The van der Waals surface area contributed by atoms with Gasteiger partial charge in [0, 0.05) is 37.1 Å². The number of carbonyl (C=O) groups is 4. The smallest absolute Gasteiger partial charge is 0.392 e. The number of nitrogens with zero attached hydrogens (tertiary/aromatic N) is 4. The van der Waals surface area contributed by atoms with Gasteiger partial charge < -0.3 is 56.0 Å². The molecule has 0 bridgehead atoms. The van der Waals surface area contributed by atoms with Crippen molar-refractivity contribution in [2.45, 2.75) is 76.3 Å². The lowest BCUT2D eigenvalue weighted by atomic mass is 9.86. The molecular formula is C28H44N7O19P3S. The van der Waals surface area contributed by atoms with Gasteiger partial charge >= 0.3 is 23.5 Å². The summed E-state index contributed by atoms with van der Waals surface area (Å²) in [7, 11) is -16.5. The third kappa shape index (κ3) is 13.1. The van der Waals surface area contributed by atoms with Gasteiger partial charge in [0.15, 0.2) is 17.7 Å². The Labute approximate surface area is 333 Å². The van der Waals surface area contributed by atoms with Crippen molar-refractivity contribution >= 4 is 74.9 Å². The summed E-state index contributed by atoms with van der Waals surface area (Å²) < 4.78 is 62.1. The zero-order chi connectivity index (χ0) is 43.2. The van der Waals surface area contributed by atoms with Crippen molar-refractivity contribution in [2.24, 2.45) is 11.3 Å². The highest BCUT2D eigenvalue weighted by Gasteiger charge is 2.50. The molecule has 2 fully saturated rings. The number of ether oxygens (including phenoxy) is 1. The Kier molecular flexibility index (Phi) is 16.3. The summed E-state index contributed by atoms with van der Waals surface area (Å²) in [6.45, 7) is 0.168. The van der Waals surface area contributed by atoms with E-state index in [2.05, 4.69) is 34.4 Å². The van der Waals surface area contributed by atoms with Gasteiger partial charge in [-0.15, -0.1) is 0 Å². The quantitative estimate of drug-likeness (QED) is 0.0406. The van der Waals surface area contributed by atoms with Gasteiger partial charge in [-0.2, -0.15) is 4.31 Å². The van der Waals surface area contributed by atoms with E-state index < -0.39 is 102 Å². The number of hydrogen-bond acceptors (Lipinski definition) is 20. The highest BCUT2D eigenvalue weighted by Crippen LogP contribution is 2.61. The van der Waals surface area contributed by atoms with Crippen LogP contribution in [0.3, 0.4) is 0 Å². The summed E-state index contributed by atoms with van der Waals surface area (Å²) in [5, 5.41) is 35.7. The molecule has 2 aliphatic rings. The number of rotatable bonds is 20. The van der Waals surface area contributed by atoms with Crippen LogP contribution in [0.25, 0.3) is 11.2 Å². The van der Waals surface area contributed by atoms with Crippen molar-refractivity contribution in [2.75, 3.05) is 37.8 Å². The van der Waals surface area contributed by atoms with E-state index in [1.165, 1.54) is 13.8 Å². The number of anilines is 1. The van der Waals surface area contributed by atoms with Crippen molar-refractivity contribution in [3.63, 3.8) is 0 Å². The fraction of sp³-hybridized carbons (Fsp3) is 0.679. The number of amides is 2. The number of aliphatic hydroxyl groups is 3. The van der Waals surface area contributed by atoms with E-state index in [1.807, 2.05) is 0 Å². The third-order valence-electron chi connectivity index (χ3n) is 8.65. The second kappa shape index (κ2) is 19.7. The molecule has 0 radical (unpaired) electrons. The first-order valence-electron chi connectivity index (χ1n) is 17.2. The third-order valence-corrected chi connectivity index (χ3v) is 12.7. The van der Waals surface area contributed by atoms with Gasteiger partial charge in [-0.1, -0.05) is 25.6 Å². The normalized spacial score (nSPS) is 25.5. The predicted octanol–water partition coefficient (Wildman–Crippen LogP) is -1.61. The number of aliphatic hydroxyl groups excluding tert-OH is 3. The summed E-state index contributed by atoms with van der Waals surface area (Å²) in [6, 6.07) is 0. The summed E-state index contributed by atoms with van der Waals surface area (Å²) in [6.07, 6.45) is -7.07. The van der Waals surface area contributed by atoms with E-state index in [9.17, 15) is 67.8 Å². The number of aromatic nitrogens is 4. The van der Waals surface area contributed by atoms with E-state index in [0.29, 0.717) is 12.8 Å². The number of hydrogen-bond donors (Lipinski definition) is 10. The minimum atomic E-state index is -5.59. The highest BCUT2D eigenvalue weighted by atomic mass is 32.2. The zero-order valence-corrected chi connectivity index (χ0v) is 34.2. The van der Waals surface area contributed by atoms with Crippen LogP contribution < -0.4 is 16.4 Å². The highest BCUT2D eigenvalue weighted by molar-refractivity contribution is 8.13. The number of thioether (sulfide) groups is 1. The topological polar surface area (TPSA) is 401 Å². The average molecular weight is 908 g/mol. The van der Waals surface area contributed by atoms with Crippen LogP contribution in [0.5, 0.6) is 0 Å². The lowest BCUT2D eigenvalue weighted by molar-refractivity contribution is -0.137. The first kappa shape index (κ1) is 47.9. The standard InChI is InChI=1S/C28H44N7O19P3S/c1-28(2,22(40)25(41)31-7-6-17(38)30-8-9-58-27(42)18-14(36)4-3-5-15(18)37)11-51-57(48,49)54-56(46,47)50-10-16-21(53-55(43,44)45)20(39)26(52-16)35-13-34-19-23(29)32-12-33-24(19)35/h12-14,16,18,20-22,26,36,39-40H,3-11H2,1-2H3,(H,30,38)(H,31,41)(H,46,47)(H,48,49)(H2,29,32,33)(H2,43,44,45)/t14?,16-,18?,20-,21-,22?,26-/m1/s1. The Morgan fingerprint density at radius 1 is 1.07 bits per heavy atom. The van der Waals surface area contributed by atoms with Gasteiger partial charge in [0.1, 0.15) is 48.0 Å². The van der Waals surface area contributed by atoms with Crippen molar-refractivity contribution in [1.82, 2.24) is 30.2 Å². The molecule has 1 aliphatic heterocycles. The van der Waals surface area contributed by atoms with Crippen molar-refractivity contribution in [3.8, 4) is 0 Å². The first-order valence-corrected chi connectivity index (χ1v) is 22.7. The molecule has 11 N–H and O–H groups in total. The molecule has 1 aliphatic carbocycles. The van der Waals surface area contributed by atoms with Gasteiger partial charge in [-0.05, 0) is 12.8 Å². The second-order valence-electron chi connectivity index (χ2n) is 13.6. The molecule has 26 nitrogen and oxygen atoms in total. The molecule has 9 atom stereocenters. The zero-order valence-electron chi connectivity index (χ0n) is 30.7. The Bertz CT molecular complexity index is 1970. The maximum absolute atomic E-state index is 12.7. The monoisotopic (exact) mass is 907 g/mol. The Hall–Kier alpha value is -2.81. The Balaban J connectivity index is 1.22. The van der Waals surface area contributed by atoms with E-state index in [0.717, 1.165) is 29.0 Å². The molecule has 2 aromatic rings. The summed E-state index contributed by atoms with van der Waals surface area (Å²) in [5.41, 5.74) is 4.20. The summed E-state index contributed by atoms with van der Waals surface area (Å²) >= 11 is 0.803. The van der Waals surface area contributed by atoms with Crippen LogP contribution in [0.2, 0.25) is 0 Å². The van der Waals surface area contributed by atoms with Crippen molar-refractivity contribution in [1.29, 1.82) is 0 Å².